The standard InChI is InChI=1S/C27H26F2N2O/c28-22-13-7-12-21(24(22)29)27(32)30-25-20-14-16-31(17-15-20)26(25)23(18-8-3-1-4-9-18)19-10-5-2-6-11-19/h1-13,20,23,25-26H,14-17H2,(H,30,32)/t25-,26-/m1/s1. The molecule has 0 unspecified atom stereocenters. The lowest BCUT2D eigenvalue weighted by atomic mass is 9.70. The van der Waals surface area contributed by atoms with Crippen LogP contribution < -0.4 is 5.32 Å². The zero-order valence-electron chi connectivity index (χ0n) is 17.8. The number of fused-ring (bicyclic) bond motifs is 3. The highest BCUT2D eigenvalue weighted by atomic mass is 19.2. The molecule has 1 N–H and O–H groups in total. The Morgan fingerprint density at radius 1 is 0.844 bits per heavy atom. The van der Waals surface area contributed by atoms with Crippen LogP contribution in [0.2, 0.25) is 0 Å². The molecule has 3 aromatic rings. The molecule has 1 amide bonds. The van der Waals surface area contributed by atoms with E-state index in [9.17, 15) is 13.6 Å². The number of rotatable bonds is 5. The second kappa shape index (κ2) is 8.83. The van der Waals surface area contributed by atoms with Gasteiger partial charge in [-0.05, 0) is 55.1 Å². The van der Waals surface area contributed by atoms with E-state index in [-0.39, 0.29) is 23.6 Å². The lowest BCUT2D eigenvalue weighted by molar-refractivity contribution is 0.00609. The smallest absolute Gasteiger partial charge is 0.254 e. The summed E-state index contributed by atoms with van der Waals surface area (Å²) in [5.41, 5.74) is 2.14. The van der Waals surface area contributed by atoms with Crippen LogP contribution in [-0.4, -0.2) is 36.0 Å². The summed E-state index contributed by atoms with van der Waals surface area (Å²) in [5, 5.41) is 3.12. The van der Waals surface area contributed by atoms with Gasteiger partial charge < -0.3 is 5.32 Å². The molecular weight excluding hydrogens is 406 g/mol. The number of benzene rings is 3. The van der Waals surface area contributed by atoms with Gasteiger partial charge in [0.05, 0.1) is 5.56 Å². The highest BCUT2D eigenvalue weighted by Gasteiger charge is 2.47. The van der Waals surface area contributed by atoms with Crippen LogP contribution in [0.15, 0.2) is 78.9 Å². The second-order valence-electron chi connectivity index (χ2n) is 8.76. The van der Waals surface area contributed by atoms with Crippen molar-refractivity contribution < 1.29 is 13.6 Å². The number of hydrogen-bond donors (Lipinski definition) is 1. The van der Waals surface area contributed by atoms with E-state index in [0.717, 1.165) is 32.0 Å². The van der Waals surface area contributed by atoms with E-state index < -0.39 is 17.5 Å². The van der Waals surface area contributed by atoms with Crippen molar-refractivity contribution >= 4 is 5.91 Å². The van der Waals surface area contributed by atoms with Gasteiger partial charge in [-0.3, -0.25) is 9.69 Å². The molecule has 6 rings (SSSR count). The van der Waals surface area contributed by atoms with E-state index in [1.165, 1.54) is 23.3 Å². The van der Waals surface area contributed by atoms with Crippen molar-refractivity contribution in [2.24, 2.45) is 5.92 Å². The highest BCUT2D eigenvalue weighted by molar-refractivity contribution is 5.94. The van der Waals surface area contributed by atoms with Gasteiger partial charge in [0, 0.05) is 18.0 Å². The van der Waals surface area contributed by atoms with Crippen LogP contribution in [0.4, 0.5) is 8.78 Å². The molecule has 164 valence electrons. The van der Waals surface area contributed by atoms with Gasteiger partial charge >= 0.3 is 0 Å². The average Bonchev–Trinajstić information content (AvgIpc) is 2.84. The molecule has 3 aliphatic rings. The largest absolute Gasteiger partial charge is 0.347 e. The average molecular weight is 433 g/mol. The van der Waals surface area contributed by atoms with Crippen molar-refractivity contribution in [1.82, 2.24) is 10.2 Å². The van der Waals surface area contributed by atoms with Crippen molar-refractivity contribution in [2.45, 2.75) is 30.8 Å². The summed E-state index contributed by atoms with van der Waals surface area (Å²) >= 11 is 0. The fraction of sp³-hybridized carbons (Fsp3) is 0.296. The number of carbonyl (C=O) groups is 1. The third kappa shape index (κ3) is 3.82. The maximum Gasteiger partial charge on any atom is 0.254 e. The number of nitrogens with one attached hydrogen (secondary N) is 1. The van der Waals surface area contributed by atoms with Gasteiger partial charge in [-0.1, -0.05) is 66.7 Å². The second-order valence-corrected chi connectivity index (χ2v) is 8.76. The highest BCUT2D eigenvalue weighted by Crippen LogP contribution is 2.42. The number of carbonyl (C=O) groups excluding carboxylic acids is 1. The van der Waals surface area contributed by atoms with E-state index in [0.29, 0.717) is 5.92 Å². The molecule has 2 bridgehead atoms. The minimum atomic E-state index is -1.09. The van der Waals surface area contributed by atoms with Crippen LogP contribution in [-0.2, 0) is 0 Å². The molecule has 0 aromatic heterocycles. The lowest BCUT2D eigenvalue weighted by Crippen LogP contribution is -2.65. The molecule has 3 nitrogen and oxygen atoms in total. The minimum absolute atomic E-state index is 0.0351. The van der Waals surface area contributed by atoms with Crippen LogP contribution in [0.3, 0.4) is 0 Å². The molecule has 0 spiro atoms. The Bertz CT molecular complexity index is 1040. The molecule has 32 heavy (non-hydrogen) atoms. The van der Waals surface area contributed by atoms with Gasteiger partial charge in [0.1, 0.15) is 0 Å². The number of amides is 1. The zero-order valence-corrected chi connectivity index (χ0v) is 17.8. The van der Waals surface area contributed by atoms with E-state index in [1.807, 2.05) is 36.4 Å². The summed E-state index contributed by atoms with van der Waals surface area (Å²) in [7, 11) is 0. The Balaban J connectivity index is 1.54. The Hall–Kier alpha value is -3.05. The molecule has 3 saturated heterocycles. The number of piperidine rings is 3. The summed E-state index contributed by atoms with van der Waals surface area (Å²) in [4.78, 5) is 15.5. The monoisotopic (exact) mass is 432 g/mol. The molecule has 0 saturated carbocycles. The molecule has 3 aliphatic heterocycles. The van der Waals surface area contributed by atoms with Crippen LogP contribution >= 0.6 is 0 Å². The summed E-state index contributed by atoms with van der Waals surface area (Å²) in [6.45, 7) is 1.96. The quantitative estimate of drug-likeness (QED) is 0.616. The van der Waals surface area contributed by atoms with Crippen LogP contribution in [0.1, 0.15) is 40.2 Å². The predicted octanol–water partition coefficient (Wildman–Crippen LogP) is 4.99. The SMILES string of the molecule is O=C(N[C@@H]1C2CCN(CC2)[C@@H]1C(c1ccccc1)c1ccccc1)c1cccc(F)c1F. The van der Waals surface area contributed by atoms with Crippen molar-refractivity contribution in [3.63, 3.8) is 0 Å². The third-order valence-corrected chi connectivity index (χ3v) is 7.02. The van der Waals surface area contributed by atoms with Crippen molar-refractivity contribution in [2.75, 3.05) is 13.1 Å². The maximum absolute atomic E-state index is 14.3. The fourth-order valence-corrected chi connectivity index (χ4v) is 5.52. The number of halogens is 2. The number of hydrogen-bond acceptors (Lipinski definition) is 2. The van der Waals surface area contributed by atoms with Crippen LogP contribution in [0, 0.1) is 17.6 Å². The van der Waals surface area contributed by atoms with Gasteiger partial charge in [0.25, 0.3) is 5.91 Å². The van der Waals surface area contributed by atoms with Crippen molar-refractivity contribution in [3.05, 3.63) is 107 Å². The molecule has 0 aliphatic carbocycles. The molecular formula is C27H26F2N2O. The maximum atomic E-state index is 14.3. The van der Waals surface area contributed by atoms with E-state index in [4.69, 9.17) is 0 Å². The van der Waals surface area contributed by atoms with Gasteiger partial charge in [0.15, 0.2) is 11.6 Å². The summed E-state index contributed by atoms with van der Waals surface area (Å²) in [6, 6.07) is 24.3. The normalized spacial score (nSPS) is 24.5. The van der Waals surface area contributed by atoms with Crippen LogP contribution in [0.25, 0.3) is 0 Å². The Morgan fingerprint density at radius 3 is 2.03 bits per heavy atom. The van der Waals surface area contributed by atoms with Gasteiger partial charge in [0.2, 0.25) is 0 Å². The van der Waals surface area contributed by atoms with E-state index >= 15 is 0 Å². The summed E-state index contributed by atoms with van der Waals surface area (Å²) in [6.07, 6.45) is 1.98. The first kappa shape index (κ1) is 20.8. The van der Waals surface area contributed by atoms with E-state index in [2.05, 4.69) is 34.5 Å². The summed E-state index contributed by atoms with van der Waals surface area (Å²) in [5.74, 6) is -2.28. The Kier molecular flexibility index (Phi) is 5.75. The topological polar surface area (TPSA) is 32.3 Å². The van der Waals surface area contributed by atoms with Crippen molar-refractivity contribution in [1.29, 1.82) is 0 Å². The fourth-order valence-electron chi connectivity index (χ4n) is 5.52. The predicted molar refractivity (Wildman–Crippen MR) is 120 cm³/mol. The third-order valence-electron chi connectivity index (χ3n) is 7.02. The van der Waals surface area contributed by atoms with Crippen LogP contribution in [0.5, 0.6) is 0 Å². The van der Waals surface area contributed by atoms with Gasteiger partial charge in [-0.15, -0.1) is 0 Å². The first-order valence-electron chi connectivity index (χ1n) is 11.2. The first-order chi connectivity index (χ1) is 15.6. The zero-order chi connectivity index (χ0) is 22.1. The molecule has 5 heteroatoms. The summed E-state index contributed by atoms with van der Waals surface area (Å²) < 4.78 is 28.1. The molecule has 3 heterocycles. The molecule has 2 atom stereocenters. The Morgan fingerprint density at radius 2 is 1.44 bits per heavy atom. The molecule has 3 aromatic carbocycles. The molecule has 3 fully saturated rings. The van der Waals surface area contributed by atoms with E-state index in [1.54, 1.807) is 0 Å². The van der Waals surface area contributed by atoms with Gasteiger partial charge in [-0.25, -0.2) is 8.78 Å². The Labute approximate surface area is 187 Å². The molecule has 0 radical (unpaired) electrons. The van der Waals surface area contributed by atoms with Crippen molar-refractivity contribution in [3.8, 4) is 0 Å². The lowest BCUT2D eigenvalue weighted by Gasteiger charge is -2.54. The first-order valence-corrected chi connectivity index (χ1v) is 11.2. The van der Waals surface area contributed by atoms with Gasteiger partial charge in [-0.2, -0.15) is 0 Å². The minimum Gasteiger partial charge on any atom is -0.347 e. The number of nitrogens with zero attached hydrogens (tertiary/aromatic N) is 1.